The predicted octanol–water partition coefficient (Wildman–Crippen LogP) is 7.15. The van der Waals surface area contributed by atoms with Crippen LogP contribution in [0.15, 0.2) is 79.5 Å². The molecule has 0 spiro atoms. The Bertz CT molecular complexity index is 1300. The fourth-order valence-electron chi connectivity index (χ4n) is 3.02. The van der Waals surface area contributed by atoms with Crippen molar-refractivity contribution in [3.63, 3.8) is 0 Å². The number of aryl methyl sites for hydroxylation is 1. The number of carbonyl (C=O) groups excluding carboxylic acids is 2. The van der Waals surface area contributed by atoms with Crippen LogP contribution in [-0.2, 0) is 11.4 Å². The van der Waals surface area contributed by atoms with E-state index < -0.39 is 5.91 Å². The van der Waals surface area contributed by atoms with Gasteiger partial charge in [0.15, 0.2) is 5.17 Å². The molecule has 1 N–H and O–H groups in total. The number of thioether (sulfide) groups is 1. The van der Waals surface area contributed by atoms with E-state index in [1.165, 1.54) is 5.56 Å². The first-order chi connectivity index (χ1) is 16.3. The lowest BCUT2D eigenvalue weighted by molar-refractivity contribution is -0.115. The van der Waals surface area contributed by atoms with Crippen molar-refractivity contribution in [1.82, 2.24) is 5.32 Å². The lowest BCUT2D eigenvalue weighted by Crippen LogP contribution is -2.20. The summed E-state index contributed by atoms with van der Waals surface area (Å²) in [4.78, 5) is 29.2. The minimum Gasteiger partial charge on any atom is -0.487 e. The van der Waals surface area contributed by atoms with Crippen molar-refractivity contribution in [1.29, 1.82) is 0 Å². The molecule has 1 aliphatic rings. The van der Waals surface area contributed by atoms with Gasteiger partial charge in [-0.05, 0) is 104 Å². The Morgan fingerprint density at radius 1 is 1.09 bits per heavy atom. The number of hydrogen-bond acceptors (Lipinski definition) is 4. The van der Waals surface area contributed by atoms with E-state index in [-0.39, 0.29) is 11.1 Å². The molecule has 0 atom stereocenters. The second kappa shape index (κ2) is 10.9. The largest absolute Gasteiger partial charge is 0.487 e. The predicted molar refractivity (Wildman–Crippen MR) is 144 cm³/mol. The number of hydrogen-bond donors (Lipinski definition) is 1. The average molecular weight is 621 g/mol. The van der Waals surface area contributed by atoms with Crippen molar-refractivity contribution in [2.24, 2.45) is 4.99 Å². The van der Waals surface area contributed by atoms with Crippen molar-refractivity contribution in [2.75, 3.05) is 0 Å². The van der Waals surface area contributed by atoms with Crippen molar-refractivity contribution >= 4 is 78.3 Å². The van der Waals surface area contributed by atoms with Gasteiger partial charge in [0.25, 0.3) is 11.8 Å². The molecule has 1 fully saturated rings. The van der Waals surface area contributed by atoms with Crippen LogP contribution < -0.4 is 10.1 Å². The Morgan fingerprint density at radius 2 is 1.74 bits per heavy atom. The van der Waals surface area contributed by atoms with E-state index in [4.69, 9.17) is 16.3 Å². The number of nitrogens with one attached hydrogen (secondary N) is 1. The van der Waals surface area contributed by atoms with Crippen LogP contribution in [0.5, 0.6) is 5.75 Å². The van der Waals surface area contributed by atoms with E-state index >= 15 is 0 Å². The summed E-state index contributed by atoms with van der Waals surface area (Å²) in [5, 5.41) is 3.39. The number of amidine groups is 1. The fourth-order valence-corrected chi connectivity index (χ4v) is 5.42. The van der Waals surface area contributed by atoms with Gasteiger partial charge in [0, 0.05) is 10.6 Å². The van der Waals surface area contributed by atoms with E-state index in [9.17, 15) is 9.59 Å². The molecule has 4 rings (SSSR count). The molecule has 2 amide bonds. The zero-order valence-corrected chi connectivity index (χ0v) is 22.5. The quantitative estimate of drug-likeness (QED) is 0.308. The number of halogens is 3. The van der Waals surface area contributed by atoms with Crippen LogP contribution in [0.25, 0.3) is 6.08 Å². The SMILES string of the molecule is Cc1ccc(COc2c(Br)cc(/C=C3\SC(=NC(=O)c4ccc(Cl)cc4)NC3=O)cc2Br)cc1. The first-order valence-electron chi connectivity index (χ1n) is 10.1. The molecule has 34 heavy (non-hydrogen) atoms. The topological polar surface area (TPSA) is 67.8 Å². The van der Waals surface area contributed by atoms with Gasteiger partial charge in [0.05, 0.1) is 13.9 Å². The number of aliphatic imine (C=N–C) groups is 1. The Morgan fingerprint density at radius 3 is 2.38 bits per heavy atom. The van der Waals surface area contributed by atoms with Crippen molar-refractivity contribution < 1.29 is 14.3 Å². The van der Waals surface area contributed by atoms with Gasteiger partial charge in [-0.15, -0.1) is 0 Å². The minimum absolute atomic E-state index is 0.229. The zero-order valence-electron chi connectivity index (χ0n) is 17.8. The van der Waals surface area contributed by atoms with Gasteiger partial charge >= 0.3 is 0 Å². The minimum atomic E-state index is -0.457. The normalized spacial score (nSPS) is 15.6. The smallest absolute Gasteiger partial charge is 0.279 e. The number of rotatable bonds is 5. The lowest BCUT2D eigenvalue weighted by atomic mass is 10.1. The number of nitrogens with zero attached hydrogens (tertiary/aromatic N) is 1. The Hall–Kier alpha value is -2.39. The molecule has 1 aliphatic heterocycles. The molecule has 3 aromatic rings. The second-order valence-corrected chi connectivity index (χ2v) is 10.6. The van der Waals surface area contributed by atoms with Crippen LogP contribution in [0.4, 0.5) is 0 Å². The molecule has 3 aromatic carbocycles. The number of benzene rings is 3. The van der Waals surface area contributed by atoms with Crippen LogP contribution in [0.1, 0.15) is 27.0 Å². The summed E-state index contributed by atoms with van der Waals surface area (Å²) in [5.74, 6) is -0.108. The fraction of sp³-hybridized carbons (Fsp3) is 0.0800. The lowest BCUT2D eigenvalue weighted by Gasteiger charge is -2.12. The van der Waals surface area contributed by atoms with E-state index in [1.54, 1.807) is 30.3 Å². The molecular weight excluding hydrogens is 604 g/mol. The summed E-state index contributed by atoms with van der Waals surface area (Å²) in [6.07, 6.45) is 1.73. The molecule has 0 radical (unpaired) electrons. The Labute approximate surface area is 222 Å². The molecular formula is C25H17Br2ClN2O3S. The highest BCUT2D eigenvalue weighted by Gasteiger charge is 2.25. The molecule has 0 aromatic heterocycles. The number of ether oxygens (including phenoxy) is 1. The number of amides is 2. The molecule has 0 aliphatic carbocycles. The first-order valence-corrected chi connectivity index (χ1v) is 12.8. The molecule has 172 valence electrons. The highest BCUT2D eigenvalue weighted by atomic mass is 79.9. The molecule has 1 saturated heterocycles. The van der Waals surface area contributed by atoms with E-state index in [1.807, 2.05) is 43.3 Å². The van der Waals surface area contributed by atoms with Crippen LogP contribution in [0.2, 0.25) is 5.02 Å². The standard InChI is InChI=1S/C25H17Br2ClN2O3S/c1-14-2-4-15(5-3-14)13-33-22-19(26)10-16(11-20(22)27)12-21-24(32)30-25(34-21)29-23(31)17-6-8-18(28)9-7-17/h2-12H,13H2,1H3,(H,29,30,31,32)/b21-12-. The van der Waals surface area contributed by atoms with Crippen molar-refractivity contribution in [3.05, 3.63) is 102 Å². The third-order valence-electron chi connectivity index (χ3n) is 4.77. The highest BCUT2D eigenvalue weighted by molar-refractivity contribution is 9.11. The van der Waals surface area contributed by atoms with Crippen LogP contribution in [0, 0.1) is 6.92 Å². The van der Waals surface area contributed by atoms with Crippen molar-refractivity contribution in [2.45, 2.75) is 13.5 Å². The maximum Gasteiger partial charge on any atom is 0.279 e. The Kier molecular flexibility index (Phi) is 7.93. The van der Waals surface area contributed by atoms with E-state index in [2.05, 4.69) is 42.2 Å². The second-order valence-electron chi connectivity index (χ2n) is 7.38. The van der Waals surface area contributed by atoms with Gasteiger partial charge in [-0.2, -0.15) is 4.99 Å². The highest BCUT2D eigenvalue weighted by Crippen LogP contribution is 2.37. The van der Waals surface area contributed by atoms with Gasteiger partial charge in [-0.1, -0.05) is 41.4 Å². The van der Waals surface area contributed by atoms with Gasteiger partial charge in [0.1, 0.15) is 12.4 Å². The van der Waals surface area contributed by atoms with Gasteiger partial charge < -0.3 is 10.1 Å². The molecule has 0 unspecified atom stereocenters. The summed E-state index contributed by atoms with van der Waals surface area (Å²) in [6.45, 7) is 2.47. The number of carbonyl (C=O) groups is 2. The van der Waals surface area contributed by atoms with Crippen molar-refractivity contribution in [3.8, 4) is 5.75 Å². The monoisotopic (exact) mass is 618 g/mol. The maximum atomic E-state index is 12.4. The molecule has 0 saturated carbocycles. The van der Waals surface area contributed by atoms with Gasteiger partial charge in [0.2, 0.25) is 0 Å². The Balaban J connectivity index is 1.47. The van der Waals surface area contributed by atoms with Crippen LogP contribution in [-0.4, -0.2) is 17.0 Å². The molecule has 0 bridgehead atoms. The summed E-state index contributed by atoms with van der Waals surface area (Å²) in [7, 11) is 0. The zero-order chi connectivity index (χ0) is 24.2. The summed E-state index contributed by atoms with van der Waals surface area (Å²) in [6, 6.07) is 18.3. The third kappa shape index (κ3) is 6.18. The van der Waals surface area contributed by atoms with Gasteiger partial charge in [-0.3, -0.25) is 9.59 Å². The van der Waals surface area contributed by atoms with Gasteiger partial charge in [-0.25, -0.2) is 0 Å². The van der Waals surface area contributed by atoms with E-state index in [0.717, 1.165) is 31.8 Å². The molecule has 1 heterocycles. The maximum absolute atomic E-state index is 12.4. The summed E-state index contributed by atoms with van der Waals surface area (Å²) in [5.41, 5.74) is 3.43. The van der Waals surface area contributed by atoms with E-state index in [0.29, 0.717) is 27.8 Å². The average Bonchev–Trinajstić information content (AvgIpc) is 3.13. The first kappa shape index (κ1) is 24.7. The van der Waals surface area contributed by atoms with Crippen LogP contribution in [0.3, 0.4) is 0 Å². The molecule has 9 heteroatoms. The third-order valence-corrected chi connectivity index (χ3v) is 7.11. The molecule has 5 nitrogen and oxygen atoms in total. The van der Waals surface area contributed by atoms with Crippen LogP contribution >= 0.6 is 55.2 Å². The summed E-state index contributed by atoms with van der Waals surface area (Å²) >= 11 is 14.1. The summed E-state index contributed by atoms with van der Waals surface area (Å²) < 4.78 is 7.48.